The number of amides is 3. The summed E-state index contributed by atoms with van der Waals surface area (Å²) >= 11 is 0. The number of benzene rings is 1. The molecule has 0 N–H and O–H groups in total. The lowest BCUT2D eigenvalue weighted by atomic mass is 9.85. The Labute approximate surface area is 175 Å². The number of rotatable bonds is 5. The zero-order valence-corrected chi connectivity index (χ0v) is 17.3. The standard InChI is InChI=1S/C22H27N5O3/c1-2-26-19(28)22(27(21(26)29)15-16-7-4-3-5-8-16)11-13-25(14-12-22)20-23-18(30-24-20)17-9-6-10-17/h3-5,7-8,17H,2,6,9-15H2,1H3. The summed E-state index contributed by atoms with van der Waals surface area (Å²) in [5, 5.41) is 4.17. The molecule has 8 nitrogen and oxygen atoms in total. The zero-order chi connectivity index (χ0) is 20.7. The van der Waals surface area contributed by atoms with Crippen molar-refractivity contribution in [1.82, 2.24) is 19.9 Å². The normalized spacial score (nSPS) is 21.6. The molecular formula is C22H27N5O3. The number of piperidine rings is 1. The van der Waals surface area contributed by atoms with E-state index in [1.807, 2.05) is 37.3 Å². The summed E-state index contributed by atoms with van der Waals surface area (Å²) in [6.07, 6.45) is 4.57. The van der Waals surface area contributed by atoms with E-state index in [4.69, 9.17) is 4.52 Å². The van der Waals surface area contributed by atoms with E-state index in [1.165, 1.54) is 11.3 Å². The van der Waals surface area contributed by atoms with Gasteiger partial charge in [0, 0.05) is 32.1 Å². The Balaban J connectivity index is 1.36. The van der Waals surface area contributed by atoms with Crippen molar-refractivity contribution in [1.29, 1.82) is 0 Å². The number of carbonyl (C=O) groups is 2. The van der Waals surface area contributed by atoms with Gasteiger partial charge in [0.05, 0.1) is 0 Å². The van der Waals surface area contributed by atoms with Crippen molar-refractivity contribution in [2.75, 3.05) is 24.5 Å². The Kier molecular flexibility index (Phi) is 4.72. The minimum absolute atomic E-state index is 0.0751. The van der Waals surface area contributed by atoms with Gasteiger partial charge in [0.15, 0.2) is 0 Å². The van der Waals surface area contributed by atoms with Crippen molar-refractivity contribution in [3.05, 3.63) is 41.8 Å². The number of nitrogens with zero attached hydrogens (tertiary/aromatic N) is 5. The maximum atomic E-state index is 13.3. The molecule has 1 aromatic carbocycles. The lowest BCUT2D eigenvalue weighted by Gasteiger charge is -2.41. The number of hydrogen-bond donors (Lipinski definition) is 0. The SMILES string of the molecule is CCN1C(=O)N(Cc2ccccc2)C2(CCN(c3noc(C4CCC4)n3)CC2)C1=O. The van der Waals surface area contributed by atoms with Crippen molar-refractivity contribution >= 4 is 17.9 Å². The Morgan fingerprint density at radius 2 is 1.87 bits per heavy atom. The van der Waals surface area contributed by atoms with Crippen molar-refractivity contribution in [3.63, 3.8) is 0 Å². The third kappa shape index (κ3) is 2.97. The Bertz CT molecular complexity index is 931. The third-order valence-corrected chi connectivity index (χ3v) is 6.88. The molecule has 2 aromatic rings. The summed E-state index contributed by atoms with van der Waals surface area (Å²) in [4.78, 5) is 36.2. The number of likely N-dealkylation sites (N-methyl/N-ethyl adjacent to an activating group) is 1. The van der Waals surface area contributed by atoms with Gasteiger partial charge in [-0.3, -0.25) is 9.69 Å². The average Bonchev–Trinajstić information content (AvgIpc) is 3.27. The topological polar surface area (TPSA) is 82.8 Å². The lowest BCUT2D eigenvalue weighted by Crippen LogP contribution is -2.56. The highest BCUT2D eigenvalue weighted by Crippen LogP contribution is 2.40. The number of imide groups is 1. The van der Waals surface area contributed by atoms with Gasteiger partial charge in [0.1, 0.15) is 5.54 Å². The van der Waals surface area contributed by atoms with Gasteiger partial charge >= 0.3 is 6.03 Å². The predicted molar refractivity (Wildman–Crippen MR) is 110 cm³/mol. The van der Waals surface area contributed by atoms with E-state index in [2.05, 4.69) is 15.0 Å². The van der Waals surface area contributed by atoms with Gasteiger partial charge in [0.25, 0.3) is 11.9 Å². The number of carbonyl (C=O) groups excluding carboxylic acids is 2. The lowest BCUT2D eigenvalue weighted by molar-refractivity contribution is -0.134. The predicted octanol–water partition coefficient (Wildman–Crippen LogP) is 3.16. The van der Waals surface area contributed by atoms with Crippen LogP contribution in [0.4, 0.5) is 10.7 Å². The number of urea groups is 1. The molecule has 0 unspecified atom stereocenters. The van der Waals surface area contributed by atoms with Crippen LogP contribution >= 0.6 is 0 Å². The Morgan fingerprint density at radius 1 is 1.13 bits per heavy atom. The highest BCUT2D eigenvalue weighted by molar-refractivity contribution is 6.07. The molecule has 3 amide bonds. The number of aromatic nitrogens is 2. The summed E-state index contributed by atoms with van der Waals surface area (Å²) < 4.78 is 5.47. The fraction of sp³-hybridized carbons (Fsp3) is 0.545. The van der Waals surface area contributed by atoms with Crippen LogP contribution in [0.2, 0.25) is 0 Å². The smallest absolute Gasteiger partial charge is 0.327 e. The first kappa shape index (κ1) is 19.1. The van der Waals surface area contributed by atoms with E-state index in [-0.39, 0.29) is 11.9 Å². The highest BCUT2D eigenvalue weighted by atomic mass is 16.5. The van der Waals surface area contributed by atoms with Gasteiger partial charge in [0.2, 0.25) is 5.89 Å². The quantitative estimate of drug-likeness (QED) is 0.706. The maximum absolute atomic E-state index is 13.3. The Hall–Kier alpha value is -2.90. The minimum Gasteiger partial charge on any atom is -0.338 e. The molecule has 0 bridgehead atoms. The molecular weight excluding hydrogens is 382 g/mol. The fourth-order valence-electron chi connectivity index (χ4n) is 4.78. The first-order valence-electron chi connectivity index (χ1n) is 10.9. The zero-order valence-electron chi connectivity index (χ0n) is 17.3. The van der Waals surface area contributed by atoms with E-state index in [1.54, 1.807) is 4.90 Å². The van der Waals surface area contributed by atoms with Gasteiger partial charge in [-0.1, -0.05) is 36.8 Å². The van der Waals surface area contributed by atoms with Crippen molar-refractivity contribution in [2.45, 2.75) is 57.0 Å². The number of anilines is 1. The molecule has 2 saturated heterocycles. The van der Waals surface area contributed by atoms with E-state index in [0.29, 0.717) is 50.9 Å². The molecule has 0 atom stereocenters. The average molecular weight is 409 g/mol. The molecule has 0 radical (unpaired) electrons. The van der Waals surface area contributed by atoms with E-state index < -0.39 is 5.54 Å². The molecule has 1 spiro atoms. The van der Waals surface area contributed by atoms with Gasteiger partial charge in [-0.2, -0.15) is 4.98 Å². The highest BCUT2D eigenvalue weighted by Gasteiger charge is 2.57. The van der Waals surface area contributed by atoms with Crippen LogP contribution in [0.15, 0.2) is 34.9 Å². The second kappa shape index (κ2) is 7.41. The fourth-order valence-corrected chi connectivity index (χ4v) is 4.78. The van der Waals surface area contributed by atoms with E-state index >= 15 is 0 Å². The second-order valence-electron chi connectivity index (χ2n) is 8.48. The molecule has 1 saturated carbocycles. The molecule has 3 heterocycles. The summed E-state index contributed by atoms with van der Waals surface area (Å²) in [6.45, 7) is 3.92. The van der Waals surface area contributed by atoms with Crippen molar-refractivity contribution in [2.24, 2.45) is 0 Å². The van der Waals surface area contributed by atoms with Crippen LogP contribution in [0.5, 0.6) is 0 Å². The van der Waals surface area contributed by atoms with Gasteiger partial charge in [-0.25, -0.2) is 4.79 Å². The molecule has 8 heteroatoms. The van der Waals surface area contributed by atoms with Crippen LogP contribution in [0.1, 0.15) is 56.4 Å². The number of hydrogen-bond acceptors (Lipinski definition) is 6. The van der Waals surface area contributed by atoms with E-state index in [0.717, 1.165) is 24.3 Å². The first-order chi connectivity index (χ1) is 14.6. The first-order valence-corrected chi connectivity index (χ1v) is 10.9. The van der Waals surface area contributed by atoms with Crippen LogP contribution < -0.4 is 4.90 Å². The van der Waals surface area contributed by atoms with Gasteiger partial charge < -0.3 is 14.3 Å². The molecule has 5 rings (SSSR count). The van der Waals surface area contributed by atoms with Crippen molar-refractivity contribution < 1.29 is 14.1 Å². The second-order valence-corrected chi connectivity index (χ2v) is 8.48. The Morgan fingerprint density at radius 3 is 2.50 bits per heavy atom. The van der Waals surface area contributed by atoms with E-state index in [9.17, 15) is 9.59 Å². The minimum atomic E-state index is -0.792. The molecule has 1 aromatic heterocycles. The van der Waals surface area contributed by atoms with Crippen LogP contribution in [0.25, 0.3) is 0 Å². The monoisotopic (exact) mass is 409 g/mol. The summed E-state index contributed by atoms with van der Waals surface area (Å²) in [5.41, 5.74) is 0.238. The van der Waals surface area contributed by atoms with Crippen LogP contribution in [0, 0.1) is 0 Å². The molecule has 1 aliphatic carbocycles. The van der Waals surface area contributed by atoms with Gasteiger partial charge in [-0.05, 0) is 43.3 Å². The summed E-state index contributed by atoms with van der Waals surface area (Å²) in [5.74, 6) is 1.65. The van der Waals surface area contributed by atoms with Crippen LogP contribution in [-0.2, 0) is 11.3 Å². The van der Waals surface area contributed by atoms with Gasteiger partial charge in [-0.15, -0.1) is 0 Å². The molecule has 3 fully saturated rings. The molecule has 2 aliphatic heterocycles. The van der Waals surface area contributed by atoms with Crippen molar-refractivity contribution in [3.8, 4) is 0 Å². The van der Waals surface area contributed by atoms with Crippen LogP contribution in [-0.4, -0.2) is 57.1 Å². The third-order valence-electron chi connectivity index (χ3n) is 6.88. The van der Waals surface area contributed by atoms with Crippen LogP contribution in [0.3, 0.4) is 0 Å². The summed E-state index contributed by atoms with van der Waals surface area (Å²) in [7, 11) is 0. The maximum Gasteiger partial charge on any atom is 0.327 e. The molecule has 158 valence electrons. The molecule has 30 heavy (non-hydrogen) atoms. The summed E-state index contributed by atoms with van der Waals surface area (Å²) in [6, 6.07) is 9.68. The molecule has 3 aliphatic rings. The largest absolute Gasteiger partial charge is 0.338 e.